The molecule has 0 fully saturated rings. The molecule has 0 heterocycles. The van der Waals surface area contributed by atoms with Gasteiger partial charge < -0.3 is 0 Å². The van der Waals surface area contributed by atoms with Gasteiger partial charge in [0.2, 0.25) is 0 Å². The number of carbonyl (C=O) groups excluding carboxylic acids is 1. The Kier molecular flexibility index (Phi) is 2.22. The van der Waals surface area contributed by atoms with E-state index in [0.717, 1.165) is 0 Å². The van der Waals surface area contributed by atoms with Crippen LogP contribution < -0.4 is 0 Å². The second kappa shape index (κ2) is 2.97. The molecule has 1 atom stereocenters. The van der Waals surface area contributed by atoms with Gasteiger partial charge in [0.05, 0.1) is 11.6 Å². The zero-order valence-electron chi connectivity index (χ0n) is 5.04. The summed E-state index contributed by atoms with van der Waals surface area (Å²) >= 11 is 1.95. The number of ketones is 1. The van der Waals surface area contributed by atoms with Crippen molar-refractivity contribution in [2.75, 3.05) is 0 Å². The fraction of sp³-hybridized carbons (Fsp3) is 0.143. The molecular formula is C7H4INO. The lowest BCUT2D eigenvalue weighted by Crippen LogP contribution is -2.15. The third-order valence-electron chi connectivity index (χ3n) is 1.19. The molecule has 0 aliphatic heterocycles. The molecule has 1 unspecified atom stereocenters. The Labute approximate surface area is 72.4 Å². The highest BCUT2D eigenvalue weighted by molar-refractivity contribution is 14.1. The summed E-state index contributed by atoms with van der Waals surface area (Å²) in [5, 5.41) is 8.47. The second-order valence-corrected chi connectivity index (χ2v) is 3.10. The van der Waals surface area contributed by atoms with Gasteiger partial charge in [-0.15, -0.1) is 0 Å². The highest BCUT2D eigenvalue weighted by Gasteiger charge is 2.18. The van der Waals surface area contributed by atoms with Crippen LogP contribution in [0, 0.1) is 11.3 Å². The fourth-order valence-electron chi connectivity index (χ4n) is 0.663. The van der Waals surface area contributed by atoms with Crippen LogP contribution in [-0.4, -0.2) is 9.71 Å². The van der Waals surface area contributed by atoms with Gasteiger partial charge in [-0.2, -0.15) is 5.26 Å². The van der Waals surface area contributed by atoms with E-state index in [0.29, 0.717) is 5.57 Å². The van der Waals surface area contributed by atoms with Crippen molar-refractivity contribution < 1.29 is 4.79 Å². The van der Waals surface area contributed by atoms with Crippen molar-refractivity contribution in [1.29, 1.82) is 5.26 Å². The van der Waals surface area contributed by atoms with Gasteiger partial charge in [0.15, 0.2) is 5.78 Å². The van der Waals surface area contributed by atoms with Gasteiger partial charge in [-0.05, 0) is 12.2 Å². The lowest BCUT2D eigenvalue weighted by Gasteiger charge is -2.05. The normalized spacial score (nSPS) is 23.8. The quantitative estimate of drug-likeness (QED) is 0.477. The Hall–Kier alpha value is -0.630. The molecule has 0 spiro atoms. The van der Waals surface area contributed by atoms with E-state index in [2.05, 4.69) is 0 Å². The predicted molar refractivity (Wildman–Crippen MR) is 45.7 cm³/mol. The average Bonchev–Trinajstić information content (AvgIpc) is 1.95. The van der Waals surface area contributed by atoms with E-state index in [4.69, 9.17) is 5.26 Å². The molecule has 10 heavy (non-hydrogen) atoms. The van der Waals surface area contributed by atoms with Gasteiger partial charge in [-0.1, -0.05) is 28.7 Å². The average molecular weight is 245 g/mol. The van der Waals surface area contributed by atoms with Crippen LogP contribution in [0.5, 0.6) is 0 Å². The molecule has 2 nitrogen and oxygen atoms in total. The SMILES string of the molecule is N#CC1=CC=CC(=O)C1I. The molecule has 50 valence electrons. The maximum absolute atomic E-state index is 10.9. The first-order valence-corrected chi connectivity index (χ1v) is 3.96. The Morgan fingerprint density at radius 3 is 2.90 bits per heavy atom. The third kappa shape index (κ3) is 1.27. The van der Waals surface area contributed by atoms with Gasteiger partial charge in [0.1, 0.15) is 3.92 Å². The van der Waals surface area contributed by atoms with E-state index in [-0.39, 0.29) is 9.71 Å². The summed E-state index contributed by atoms with van der Waals surface area (Å²) in [6, 6.07) is 1.97. The van der Waals surface area contributed by atoms with Crippen molar-refractivity contribution in [1.82, 2.24) is 0 Å². The van der Waals surface area contributed by atoms with Crippen molar-refractivity contribution >= 4 is 28.4 Å². The number of hydrogen-bond acceptors (Lipinski definition) is 2. The maximum atomic E-state index is 10.9. The molecular weight excluding hydrogens is 241 g/mol. The minimum Gasteiger partial charge on any atom is -0.293 e. The first-order chi connectivity index (χ1) is 4.75. The van der Waals surface area contributed by atoms with Crippen LogP contribution in [0.25, 0.3) is 0 Å². The summed E-state index contributed by atoms with van der Waals surface area (Å²) < 4.78 is -0.271. The summed E-state index contributed by atoms with van der Waals surface area (Å²) in [5.74, 6) is -0.000324. The number of halogens is 1. The Balaban J connectivity index is 2.95. The Morgan fingerprint density at radius 2 is 2.40 bits per heavy atom. The maximum Gasteiger partial charge on any atom is 0.173 e. The third-order valence-corrected chi connectivity index (χ3v) is 2.47. The van der Waals surface area contributed by atoms with Gasteiger partial charge in [-0.3, -0.25) is 4.79 Å². The van der Waals surface area contributed by atoms with E-state index in [1.165, 1.54) is 6.08 Å². The molecule has 0 saturated heterocycles. The topological polar surface area (TPSA) is 40.9 Å². The van der Waals surface area contributed by atoms with Gasteiger partial charge in [-0.25, -0.2) is 0 Å². The van der Waals surface area contributed by atoms with Crippen LogP contribution in [0.3, 0.4) is 0 Å². The summed E-state index contributed by atoms with van der Waals surface area (Å²) in [6.07, 6.45) is 4.76. The van der Waals surface area contributed by atoms with Gasteiger partial charge in [0.25, 0.3) is 0 Å². The molecule has 0 amide bonds. The summed E-state index contributed by atoms with van der Waals surface area (Å²) in [5.41, 5.74) is 0.535. The molecule has 3 heteroatoms. The Morgan fingerprint density at radius 1 is 1.70 bits per heavy atom. The molecule has 0 radical (unpaired) electrons. The predicted octanol–water partition coefficient (Wildman–Crippen LogP) is 1.38. The lowest BCUT2D eigenvalue weighted by molar-refractivity contribution is -0.113. The number of nitriles is 1. The minimum atomic E-state index is -0.271. The molecule has 0 N–H and O–H groups in total. The van der Waals surface area contributed by atoms with Crippen molar-refractivity contribution in [2.24, 2.45) is 0 Å². The number of carbonyl (C=O) groups is 1. The van der Waals surface area contributed by atoms with Gasteiger partial charge in [0, 0.05) is 0 Å². The number of alkyl halides is 1. The van der Waals surface area contributed by atoms with Crippen LogP contribution in [0.1, 0.15) is 0 Å². The van der Waals surface area contributed by atoms with Crippen molar-refractivity contribution in [3.8, 4) is 6.07 Å². The van der Waals surface area contributed by atoms with Crippen molar-refractivity contribution in [3.05, 3.63) is 23.8 Å². The number of nitrogens with zero attached hydrogens (tertiary/aromatic N) is 1. The first kappa shape index (κ1) is 7.48. The van der Waals surface area contributed by atoms with E-state index in [1.807, 2.05) is 28.7 Å². The van der Waals surface area contributed by atoms with Crippen LogP contribution in [0.2, 0.25) is 0 Å². The number of rotatable bonds is 0. The standard InChI is InChI=1S/C7H4INO/c8-7-5(4-9)2-1-3-6(7)10/h1-3,7H. The van der Waals surface area contributed by atoms with Crippen LogP contribution in [-0.2, 0) is 4.79 Å². The van der Waals surface area contributed by atoms with Crippen LogP contribution >= 0.6 is 22.6 Å². The zero-order chi connectivity index (χ0) is 7.56. The lowest BCUT2D eigenvalue weighted by atomic mass is 10.1. The highest BCUT2D eigenvalue weighted by atomic mass is 127. The number of hydrogen-bond donors (Lipinski definition) is 0. The molecule has 0 aromatic rings. The first-order valence-electron chi connectivity index (χ1n) is 2.72. The molecule has 1 aliphatic rings. The van der Waals surface area contributed by atoms with E-state index >= 15 is 0 Å². The van der Waals surface area contributed by atoms with E-state index < -0.39 is 0 Å². The molecule has 1 rings (SSSR count). The molecule has 0 aromatic carbocycles. The van der Waals surface area contributed by atoms with Crippen LogP contribution in [0.15, 0.2) is 23.8 Å². The molecule has 0 aromatic heterocycles. The molecule has 0 bridgehead atoms. The summed E-state index contributed by atoms with van der Waals surface area (Å²) in [4.78, 5) is 10.9. The largest absolute Gasteiger partial charge is 0.293 e. The van der Waals surface area contributed by atoms with Crippen molar-refractivity contribution in [3.63, 3.8) is 0 Å². The van der Waals surface area contributed by atoms with E-state index in [9.17, 15) is 4.79 Å². The smallest absolute Gasteiger partial charge is 0.173 e. The molecule has 0 saturated carbocycles. The Bertz CT molecular complexity index is 259. The highest BCUT2D eigenvalue weighted by Crippen LogP contribution is 2.17. The summed E-state index contributed by atoms with van der Waals surface area (Å²) in [7, 11) is 0. The van der Waals surface area contributed by atoms with E-state index in [1.54, 1.807) is 12.2 Å². The number of allylic oxidation sites excluding steroid dienone is 4. The van der Waals surface area contributed by atoms with Gasteiger partial charge >= 0.3 is 0 Å². The zero-order valence-corrected chi connectivity index (χ0v) is 7.20. The van der Waals surface area contributed by atoms with Crippen molar-refractivity contribution in [2.45, 2.75) is 3.92 Å². The fourth-order valence-corrected chi connectivity index (χ4v) is 1.22. The second-order valence-electron chi connectivity index (χ2n) is 1.86. The monoisotopic (exact) mass is 245 g/mol. The summed E-state index contributed by atoms with van der Waals surface area (Å²) in [6.45, 7) is 0. The minimum absolute atomic E-state index is 0.000324. The molecule has 1 aliphatic carbocycles. The van der Waals surface area contributed by atoms with Crippen LogP contribution in [0.4, 0.5) is 0 Å².